The minimum atomic E-state index is -3.19. The van der Waals surface area contributed by atoms with E-state index < -0.39 is 22.0 Å². The smallest absolute Gasteiger partial charge is 0.178 e. The summed E-state index contributed by atoms with van der Waals surface area (Å²) in [6.45, 7) is 5.43. The first-order chi connectivity index (χ1) is 9.81. The van der Waals surface area contributed by atoms with Crippen molar-refractivity contribution in [3.63, 3.8) is 0 Å². The van der Waals surface area contributed by atoms with Gasteiger partial charge in [0.1, 0.15) is 0 Å². The van der Waals surface area contributed by atoms with Crippen LogP contribution in [0, 0.1) is 0 Å². The van der Waals surface area contributed by atoms with Crippen molar-refractivity contribution in [2.45, 2.75) is 63.1 Å². The zero-order valence-electron chi connectivity index (χ0n) is 13.0. The van der Waals surface area contributed by atoms with Gasteiger partial charge in [0, 0.05) is 0 Å². The molecule has 3 unspecified atom stereocenters. The highest BCUT2D eigenvalue weighted by molar-refractivity contribution is 7.91. The van der Waals surface area contributed by atoms with Gasteiger partial charge in [-0.3, -0.25) is 0 Å². The number of sulfone groups is 1. The van der Waals surface area contributed by atoms with E-state index in [2.05, 4.69) is 0 Å². The Bertz CT molecular complexity index is 520. The van der Waals surface area contributed by atoms with Gasteiger partial charge >= 0.3 is 0 Å². The van der Waals surface area contributed by atoms with Crippen molar-refractivity contribution < 1.29 is 18.6 Å². The number of benzene rings is 1. The monoisotopic (exact) mass is 314 g/mol. The summed E-state index contributed by atoms with van der Waals surface area (Å²) in [6, 6.07) is 6.90. The Labute approximate surface area is 127 Å². The van der Waals surface area contributed by atoms with Gasteiger partial charge in [0.2, 0.25) is 0 Å². The minimum Gasteiger partial charge on any atom is -0.391 e. The Kier molecular flexibility index (Phi) is 6.84. The van der Waals surface area contributed by atoms with Crippen LogP contribution in [0.25, 0.3) is 0 Å². The van der Waals surface area contributed by atoms with Gasteiger partial charge in [0.15, 0.2) is 9.84 Å². The second-order valence-electron chi connectivity index (χ2n) is 5.54. The first-order valence-corrected chi connectivity index (χ1v) is 9.15. The standard InChI is InChI=1S/C16H26O4S/c1-4-10-21(19,20)15-8-6-14(7-9-15)13(5-2)11-16(18)12(3)17/h6-9,12-13,16-18H,4-5,10-11H2,1-3H3. The summed E-state index contributed by atoms with van der Waals surface area (Å²) < 4.78 is 24.0. The van der Waals surface area contributed by atoms with E-state index >= 15 is 0 Å². The Morgan fingerprint density at radius 1 is 1.10 bits per heavy atom. The average Bonchev–Trinajstić information content (AvgIpc) is 2.44. The lowest BCUT2D eigenvalue weighted by molar-refractivity contribution is 0.0215. The molecule has 3 atom stereocenters. The number of aliphatic hydroxyl groups is 2. The Balaban J connectivity index is 2.89. The van der Waals surface area contributed by atoms with E-state index in [1.54, 1.807) is 19.1 Å². The molecule has 1 rings (SSSR count). The van der Waals surface area contributed by atoms with Crippen LogP contribution >= 0.6 is 0 Å². The molecule has 0 aliphatic rings. The summed E-state index contributed by atoms with van der Waals surface area (Å²) in [4.78, 5) is 0.346. The Morgan fingerprint density at radius 2 is 1.67 bits per heavy atom. The van der Waals surface area contributed by atoms with Gasteiger partial charge < -0.3 is 10.2 Å². The third kappa shape index (κ3) is 5.09. The van der Waals surface area contributed by atoms with Gasteiger partial charge in [-0.2, -0.15) is 0 Å². The van der Waals surface area contributed by atoms with Crippen molar-refractivity contribution in [1.82, 2.24) is 0 Å². The fraction of sp³-hybridized carbons (Fsp3) is 0.625. The van der Waals surface area contributed by atoms with Gasteiger partial charge in [-0.15, -0.1) is 0 Å². The van der Waals surface area contributed by atoms with Crippen LogP contribution in [0.2, 0.25) is 0 Å². The van der Waals surface area contributed by atoms with Crippen molar-refractivity contribution in [3.8, 4) is 0 Å². The van der Waals surface area contributed by atoms with Crippen LogP contribution in [-0.2, 0) is 9.84 Å². The molecular weight excluding hydrogens is 288 g/mol. The number of aliphatic hydroxyl groups excluding tert-OH is 2. The summed E-state index contributed by atoms with van der Waals surface area (Å²) in [5.41, 5.74) is 0.993. The Hall–Kier alpha value is -0.910. The van der Waals surface area contributed by atoms with Crippen LogP contribution in [0.1, 0.15) is 51.5 Å². The molecule has 0 radical (unpaired) electrons. The highest BCUT2D eigenvalue weighted by Crippen LogP contribution is 2.27. The molecular formula is C16H26O4S. The highest BCUT2D eigenvalue weighted by atomic mass is 32.2. The second kappa shape index (κ2) is 7.92. The maximum Gasteiger partial charge on any atom is 0.178 e. The summed E-state index contributed by atoms with van der Waals surface area (Å²) in [5, 5.41) is 19.2. The molecule has 4 nitrogen and oxygen atoms in total. The summed E-state index contributed by atoms with van der Waals surface area (Å²) in [7, 11) is -3.19. The predicted octanol–water partition coefficient (Wildman–Crippen LogP) is 2.50. The molecule has 2 N–H and O–H groups in total. The molecule has 1 aromatic carbocycles. The van der Waals surface area contributed by atoms with Crippen LogP contribution in [0.4, 0.5) is 0 Å². The summed E-state index contributed by atoms with van der Waals surface area (Å²) in [5.74, 6) is 0.266. The van der Waals surface area contributed by atoms with Crippen molar-refractivity contribution in [3.05, 3.63) is 29.8 Å². The lowest BCUT2D eigenvalue weighted by atomic mass is 9.90. The molecule has 0 spiro atoms. The molecule has 0 aliphatic carbocycles. The lowest BCUT2D eigenvalue weighted by Crippen LogP contribution is -2.24. The van der Waals surface area contributed by atoms with Crippen molar-refractivity contribution in [2.75, 3.05) is 5.75 Å². The zero-order chi connectivity index (χ0) is 16.0. The molecule has 0 saturated heterocycles. The maximum atomic E-state index is 12.0. The number of rotatable bonds is 8. The SMILES string of the molecule is CCCS(=O)(=O)c1ccc(C(CC)CC(O)C(C)O)cc1. The molecule has 0 aliphatic heterocycles. The molecule has 0 fully saturated rings. The number of hydrogen-bond donors (Lipinski definition) is 2. The van der Waals surface area contributed by atoms with Gasteiger partial charge in [-0.1, -0.05) is 26.0 Å². The van der Waals surface area contributed by atoms with E-state index in [0.29, 0.717) is 17.7 Å². The zero-order valence-corrected chi connectivity index (χ0v) is 13.8. The molecule has 0 bridgehead atoms. The van der Waals surface area contributed by atoms with E-state index in [9.17, 15) is 18.6 Å². The summed E-state index contributed by atoms with van der Waals surface area (Å²) in [6.07, 6.45) is 0.365. The summed E-state index contributed by atoms with van der Waals surface area (Å²) >= 11 is 0. The van der Waals surface area contributed by atoms with Crippen LogP contribution in [0.5, 0.6) is 0 Å². The lowest BCUT2D eigenvalue weighted by Gasteiger charge is -2.21. The van der Waals surface area contributed by atoms with Gasteiger partial charge in [-0.05, 0) is 49.8 Å². The molecule has 5 heteroatoms. The van der Waals surface area contributed by atoms with Crippen LogP contribution in [0.15, 0.2) is 29.2 Å². The third-order valence-corrected chi connectivity index (χ3v) is 5.70. The molecule has 0 aromatic heterocycles. The van der Waals surface area contributed by atoms with Crippen molar-refractivity contribution >= 4 is 9.84 Å². The molecule has 0 heterocycles. The van der Waals surface area contributed by atoms with E-state index in [0.717, 1.165) is 12.0 Å². The van der Waals surface area contributed by atoms with E-state index in [1.165, 1.54) is 0 Å². The fourth-order valence-electron chi connectivity index (χ4n) is 2.36. The van der Waals surface area contributed by atoms with Crippen LogP contribution in [-0.4, -0.2) is 36.6 Å². The molecule has 0 amide bonds. The largest absolute Gasteiger partial charge is 0.391 e. The first-order valence-electron chi connectivity index (χ1n) is 7.50. The highest BCUT2D eigenvalue weighted by Gasteiger charge is 2.19. The predicted molar refractivity (Wildman–Crippen MR) is 84.1 cm³/mol. The van der Waals surface area contributed by atoms with Crippen molar-refractivity contribution in [1.29, 1.82) is 0 Å². The maximum absolute atomic E-state index is 12.0. The number of hydrogen-bond acceptors (Lipinski definition) is 4. The van der Waals surface area contributed by atoms with E-state index in [-0.39, 0.29) is 11.7 Å². The van der Waals surface area contributed by atoms with Crippen LogP contribution < -0.4 is 0 Å². The molecule has 21 heavy (non-hydrogen) atoms. The fourth-order valence-corrected chi connectivity index (χ4v) is 3.68. The van der Waals surface area contributed by atoms with Crippen LogP contribution in [0.3, 0.4) is 0 Å². The van der Waals surface area contributed by atoms with E-state index in [1.807, 2.05) is 26.0 Å². The van der Waals surface area contributed by atoms with Crippen molar-refractivity contribution in [2.24, 2.45) is 0 Å². The normalized spacial score (nSPS) is 16.4. The second-order valence-corrected chi connectivity index (χ2v) is 7.65. The third-order valence-electron chi connectivity index (χ3n) is 3.76. The quantitative estimate of drug-likeness (QED) is 0.773. The van der Waals surface area contributed by atoms with E-state index in [4.69, 9.17) is 0 Å². The van der Waals surface area contributed by atoms with Gasteiger partial charge in [-0.25, -0.2) is 8.42 Å². The first kappa shape index (κ1) is 18.1. The average molecular weight is 314 g/mol. The molecule has 120 valence electrons. The minimum absolute atomic E-state index is 0.109. The molecule has 1 aromatic rings. The Morgan fingerprint density at radius 3 is 2.10 bits per heavy atom. The molecule has 0 saturated carbocycles. The van der Waals surface area contributed by atoms with Gasteiger partial charge in [0.25, 0.3) is 0 Å². The topological polar surface area (TPSA) is 74.6 Å². The van der Waals surface area contributed by atoms with Gasteiger partial charge in [0.05, 0.1) is 22.9 Å².